The lowest BCUT2D eigenvalue weighted by Gasteiger charge is -2.36. The summed E-state index contributed by atoms with van der Waals surface area (Å²) in [7, 11) is 0. The zero-order chi connectivity index (χ0) is 21.6. The Bertz CT molecular complexity index is 1060. The van der Waals surface area contributed by atoms with E-state index in [1.54, 1.807) is 6.92 Å². The number of aryl methyl sites for hydroxylation is 1. The van der Waals surface area contributed by atoms with E-state index in [1.807, 2.05) is 31.2 Å². The first-order valence-electron chi connectivity index (χ1n) is 10.4. The fourth-order valence-electron chi connectivity index (χ4n) is 4.63. The van der Waals surface area contributed by atoms with Gasteiger partial charge in [0.25, 0.3) is 0 Å². The topological polar surface area (TPSA) is 77.2 Å². The van der Waals surface area contributed by atoms with Crippen molar-refractivity contribution in [2.45, 2.75) is 52.9 Å². The minimum absolute atomic E-state index is 0.161. The highest BCUT2D eigenvalue weighted by Crippen LogP contribution is 2.49. The Morgan fingerprint density at radius 1 is 1.37 bits per heavy atom. The lowest BCUT2D eigenvalue weighted by atomic mass is 9.73. The molecule has 2 aliphatic rings. The van der Waals surface area contributed by atoms with Gasteiger partial charge < -0.3 is 15.8 Å². The van der Waals surface area contributed by atoms with Gasteiger partial charge in [-0.05, 0) is 55.7 Å². The molecule has 1 aromatic heterocycles. The van der Waals surface area contributed by atoms with Gasteiger partial charge in [-0.25, -0.2) is 9.78 Å². The first kappa shape index (κ1) is 20.7. The zero-order valence-corrected chi connectivity index (χ0v) is 18.7. The number of hydrogen-bond acceptors (Lipinski definition) is 5. The highest BCUT2D eigenvalue weighted by molar-refractivity contribution is 6.31. The molecule has 30 heavy (non-hydrogen) atoms. The summed E-state index contributed by atoms with van der Waals surface area (Å²) < 4.78 is 5.40. The van der Waals surface area contributed by atoms with Gasteiger partial charge in [0.1, 0.15) is 5.82 Å². The lowest BCUT2D eigenvalue weighted by molar-refractivity contribution is -0.138. The molecule has 4 rings (SSSR count). The number of hydrogen-bond donors (Lipinski definition) is 2. The molecule has 158 valence electrons. The molecule has 0 amide bonds. The van der Waals surface area contributed by atoms with Crippen LogP contribution in [0.3, 0.4) is 0 Å². The monoisotopic (exact) mass is 425 g/mol. The van der Waals surface area contributed by atoms with Crippen molar-refractivity contribution in [1.82, 2.24) is 4.98 Å². The number of halogens is 1. The van der Waals surface area contributed by atoms with E-state index in [0.29, 0.717) is 34.4 Å². The lowest BCUT2D eigenvalue weighted by Crippen LogP contribution is -2.30. The number of esters is 1. The van der Waals surface area contributed by atoms with E-state index in [0.717, 1.165) is 41.6 Å². The van der Waals surface area contributed by atoms with E-state index >= 15 is 0 Å². The number of carbonyl (C=O) groups is 1. The number of aromatic nitrogens is 1. The quantitative estimate of drug-likeness (QED) is 0.658. The molecule has 6 heteroatoms. The number of anilines is 2. The number of benzene rings is 1. The van der Waals surface area contributed by atoms with E-state index in [4.69, 9.17) is 27.1 Å². The molecule has 2 aromatic rings. The molecular formula is C24H28ClN3O2. The number of nitrogens with one attached hydrogen (secondary N) is 1. The van der Waals surface area contributed by atoms with Gasteiger partial charge in [0.2, 0.25) is 0 Å². The van der Waals surface area contributed by atoms with E-state index in [9.17, 15) is 4.79 Å². The van der Waals surface area contributed by atoms with Gasteiger partial charge in [0.15, 0.2) is 0 Å². The molecule has 3 N–H and O–H groups in total. The van der Waals surface area contributed by atoms with Crippen molar-refractivity contribution in [2.75, 3.05) is 17.7 Å². The molecule has 1 atom stereocenters. The second-order valence-electron chi connectivity index (χ2n) is 8.89. The molecule has 0 fully saturated rings. The van der Waals surface area contributed by atoms with Crippen LogP contribution >= 0.6 is 11.6 Å². The van der Waals surface area contributed by atoms with Crippen LogP contribution in [0.25, 0.3) is 0 Å². The number of ether oxygens (including phenoxy) is 1. The maximum atomic E-state index is 13.0. The highest BCUT2D eigenvalue weighted by Gasteiger charge is 2.39. The number of nitrogen functional groups attached to an aromatic ring is 1. The van der Waals surface area contributed by atoms with E-state index in [2.05, 4.69) is 19.2 Å². The van der Waals surface area contributed by atoms with Crippen molar-refractivity contribution in [3.05, 3.63) is 62.9 Å². The fourth-order valence-corrected chi connectivity index (χ4v) is 4.87. The van der Waals surface area contributed by atoms with Crippen LogP contribution in [0.4, 0.5) is 11.5 Å². The minimum Gasteiger partial charge on any atom is -0.463 e. The Morgan fingerprint density at radius 3 is 2.80 bits per heavy atom. The van der Waals surface area contributed by atoms with Gasteiger partial charge >= 0.3 is 5.97 Å². The zero-order valence-electron chi connectivity index (χ0n) is 17.9. The van der Waals surface area contributed by atoms with Crippen molar-refractivity contribution in [1.29, 1.82) is 0 Å². The van der Waals surface area contributed by atoms with Crippen molar-refractivity contribution < 1.29 is 9.53 Å². The molecule has 0 spiro atoms. The number of nitrogens with two attached hydrogens (primary N) is 1. The van der Waals surface area contributed by atoms with Crippen molar-refractivity contribution >= 4 is 29.1 Å². The fraction of sp³-hybridized carbons (Fsp3) is 0.417. The number of nitrogens with zero attached hydrogens (tertiary/aromatic N) is 1. The average Bonchev–Trinajstić information content (AvgIpc) is 2.68. The van der Waals surface area contributed by atoms with Gasteiger partial charge in [-0.2, -0.15) is 0 Å². The summed E-state index contributed by atoms with van der Waals surface area (Å²) >= 11 is 6.60. The SMILES string of the molecule is CCOC(=O)C1=C(C)Nc2nc3c(c(N)c2[C@@H]1c1ccccc1Cl)CC(C)(C)CC3. The van der Waals surface area contributed by atoms with Gasteiger partial charge in [0.05, 0.1) is 18.1 Å². The molecule has 0 radical (unpaired) electrons. The Balaban J connectivity index is 1.98. The predicted molar refractivity (Wildman–Crippen MR) is 121 cm³/mol. The van der Waals surface area contributed by atoms with Crippen LogP contribution in [0.1, 0.15) is 62.4 Å². The summed E-state index contributed by atoms with van der Waals surface area (Å²) in [5.41, 5.74) is 12.7. The average molecular weight is 426 g/mol. The summed E-state index contributed by atoms with van der Waals surface area (Å²) in [5, 5.41) is 3.91. The molecule has 0 bridgehead atoms. The maximum absolute atomic E-state index is 13.0. The number of rotatable bonds is 3. The smallest absolute Gasteiger partial charge is 0.336 e. The van der Waals surface area contributed by atoms with Gasteiger partial charge in [-0.1, -0.05) is 43.6 Å². The largest absolute Gasteiger partial charge is 0.463 e. The normalized spacial score (nSPS) is 19.6. The van der Waals surface area contributed by atoms with Crippen LogP contribution in [0.5, 0.6) is 0 Å². The summed E-state index contributed by atoms with van der Waals surface area (Å²) in [5.74, 6) is -0.0891. The standard InChI is InChI=1S/C24H28ClN3O2/c1-5-30-23(29)18-13(2)27-22-20(19(18)14-8-6-7-9-16(14)25)21(26)15-12-24(3,4)11-10-17(15)28-22/h6-9,19H,5,10-12H2,1-4H3,(H3,26,27,28)/t19-/m1/s1. The molecule has 1 aromatic carbocycles. The molecule has 5 nitrogen and oxygen atoms in total. The third-order valence-electron chi connectivity index (χ3n) is 6.16. The van der Waals surface area contributed by atoms with Crippen LogP contribution in [0.2, 0.25) is 5.02 Å². The highest BCUT2D eigenvalue weighted by atomic mass is 35.5. The summed E-state index contributed by atoms with van der Waals surface area (Å²) in [6, 6.07) is 7.58. The van der Waals surface area contributed by atoms with Crippen LogP contribution in [0.15, 0.2) is 35.5 Å². The number of allylic oxidation sites excluding steroid dienone is 1. The maximum Gasteiger partial charge on any atom is 0.336 e. The number of fused-ring (bicyclic) bond motifs is 2. The second-order valence-corrected chi connectivity index (χ2v) is 9.30. The first-order chi connectivity index (χ1) is 14.2. The molecular weight excluding hydrogens is 398 g/mol. The summed E-state index contributed by atoms with van der Waals surface area (Å²) in [6.45, 7) is 8.49. The van der Waals surface area contributed by atoms with E-state index in [-0.39, 0.29) is 11.4 Å². The van der Waals surface area contributed by atoms with Gasteiger partial charge in [-0.15, -0.1) is 0 Å². The summed E-state index contributed by atoms with van der Waals surface area (Å²) in [6.07, 6.45) is 2.83. The van der Waals surface area contributed by atoms with Crippen LogP contribution in [0, 0.1) is 5.41 Å². The molecule has 1 aliphatic heterocycles. The van der Waals surface area contributed by atoms with E-state index in [1.165, 1.54) is 0 Å². The van der Waals surface area contributed by atoms with Crippen LogP contribution in [-0.4, -0.2) is 17.6 Å². The summed E-state index contributed by atoms with van der Waals surface area (Å²) in [4.78, 5) is 17.9. The molecule has 0 saturated carbocycles. The number of pyridine rings is 1. The Kier molecular flexibility index (Phi) is 5.27. The third kappa shape index (κ3) is 3.45. The first-order valence-corrected chi connectivity index (χ1v) is 10.8. The molecule has 2 heterocycles. The van der Waals surface area contributed by atoms with Gasteiger partial charge in [0, 0.05) is 27.7 Å². The van der Waals surface area contributed by atoms with Crippen LogP contribution in [-0.2, 0) is 22.4 Å². The van der Waals surface area contributed by atoms with Crippen LogP contribution < -0.4 is 11.1 Å². The van der Waals surface area contributed by atoms with E-state index < -0.39 is 5.92 Å². The molecule has 1 aliphatic carbocycles. The third-order valence-corrected chi connectivity index (χ3v) is 6.50. The second kappa shape index (κ2) is 7.62. The predicted octanol–water partition coefficient (Wildman–Crippen LogP) is 5.23. The van der Waals surface area contributed by atoms with Crippen molar-refractivity contribution in [2.24, 2.45) is 5.41 Å². The Hall–Kier alpha value is -2.53. The minimum atomic E-state index is -0.433. The molecule has 0 saturated heterocycles. The number of carbonyl (C=O) groups excluding carboxylic acids is 1. The van der Waals surface area contributed by atoms with Crippen molar-refractivity contribution in [3.63, 3.8) is 0 Å². The Labute approximate surface area is 182 Å². The van der Waals surface area contributed by atoms with Crippen molar-refractivity contribution in [3.8, 4) is 0 Å². The molecule has 0 unspecified atom stereocenters. The Morgan fingerprint density at radius 2 is 2.10 bits per heavy atom. The van der Waals surface area contributed by atoms with Gasteiger partial charge in [-0.3, -0.25) is 0 Å².